The Kier molecular flexibility index (Phi) is 6.01. The smallest absolute Gasteiger partial charge is 0.329 e. The van der Waals surface area contributed by atoms with Crippen molar-refractivity contribution < 1.29 is 29.1 Å². The molecule has 2 rings (SSSR count). The average Bonchev–Trinajstić information content (AvgIpc) is 2.61. The minimum absolute atomic E-state index is 0.0104. The van der Waals surface area contributed by atoms with E-state index in [1.807, 2.05) is 0 Å². The molecule has 2 N–H and O–H groups in total. The van der Waals surface area contributed by atoms with E-state index in [0.29, 0.717) is 18.8 Å². The zero-order valence-electron chi connectivity index (χ0n) is 14.7. The molecule has 0 bridgehead atoms. The maximum atomic E-state index is 12.2. The molecule has 1 aromatic carbocycles. The van der Waals surface area contributed by atoms with E-state index >= 15 is 0 Å². The van der Waals surface area contributed by atoms with Crippen molar-refractivity contribution in [3.63, 3.8) is 0 Å². The molecule has 1 amide bonds. The number of carboxylic acids is 1. The first kappa shape index (κ1) is 19.5. The molecular formula is C17H22N2O7. The van der Waals surface area contributed by atoms with Gasteiger partial charge in [-0.25, -0.2) is 4.79 Å². The molecule has 0 aromatic heterocycles. The van der Waals surface area contributed by atoms with Gasteiger partial charge in [0.2, 0.25) is 5.75 Å². The summed E-state index contributed by atoms with van der Waals surface area (Å²) in [4.78, 5) is 34.1. The van der Waals surface area contributed by atoms with Gasteiger partial charge in [-0.2, -0.15) is 0 Å². The standard InChI is InChI=1S/C17H22N2O7/c1-11-5-7-17(8-6-11,16(21)22)18-15(20)10-26-12-3-4-13(19(23)24)14(9-12)25-2/h3-4,9,11H,5-8,10H2,1-2H3,(H,18,20)(H,21,22). The molecule has 0 aliphatic heterocycles. The van der Waals surface area contributed by atoms with Crippen LogP contribution < -0.4 is 14.8 Å². The predicted octanol–water partition coefficient (Wildman–Crippen LogP) is 2.13. The van der Waals surface area contributed by atoms with Crippen LogP contribution in [0.4, 0.5) is 5.69 Å². The summed E-state index contributed by atoms with van der Waals surface area (Å²) in [5.41, 5.74) is -1.48. The molecular weight excluding hydrogens is 344 g/mol. The van der Waals surface area contributed by atoms with E-state index in [4.69, 9.17) is 9.47 Å². The number of nitrogens with one attached hydrogen (secondary N) is 1. The lowest BCUT2D eigenvalue weighted by Gasteiger charge is -2.36. The van der Waals surface area contributed by atoms with Crippen LogP contribution in [0.2, 0.25) is 0 Å². The number of ether oxygens (including phenoxy) is 2. The van der Waals surface area contributed by atoms with Crippen LogP contribution in [0.25, 0.3) is 0 Å². The normalized spacial score (nSPS) is 22.3. The molecule has 0 unspecified atom stereocenters. The molecule has 1 aliphatic carbocycles. The second-order valence-corrected chi connectivity index (χ2v) is 6.50. The maximum absolute atomic E-state index is 12.2. The maximum Gasteiger partial charge on any atom is 0.329 e. The lowest BCUT2D eigenvalue weighted by atomic mass is 9.77. The first-order valence-corrected chi connectivity index (χ1v) is 8.27. The fourth-order valence-electron chi connectivity index (χ4n) is 3.00. The summed E-state index contributed by atoms with van der Waals surface area (Å²) in [7, 11) is 1.29. The van der Waals surface area contributed by atoms with Crippen molar-refractivity contribution in [2.24, 2.45) is 5.92 Å². The number of hydrogen-bond acceptors (Lipinski definition) is 6. The van der Waals surface area contributed by atoms with E-state index in [1.54, 1.807) is 0 Å². The number of carboxylic acid groups (broad SMARTS) is 1. The van der Waals surface area contributed by atoms with E-state index < -0.39 is 28.9 Å². The van der Waals surface area contributed by atoms with Crippen LogP contribution in [0.3, 0.4) is 0 Å². The first-order chi connectivity index (χ1) is 12.3. The van der Waals surface area contributed by atoms with E-state index in [0.717, 1.165) is 12.8 Å². The van der Waals surface area contributed by atoms with Crippen LogP contribution in [-0.4, -0.2) is 41.2 Å². The highest BCUT2D eigenvalue weighted by Gasteiger charge is 2.42. The van der Waals surface area contributed by atoms with Crippen molar-refractivity contribution in [3.05, 3.63) is 28.3 Å². The van der Waals surface area contributed by atoms with E-state index in [-0.39, 0.29) is 17.2 Å². The monoisotopic (exact) mass is 366 g/mol. The zero-order chi connectivity index (χ0) is 19.3. The molecule has 1 saturated carbocycles. The van der Waals surface area contributed by atoms with Crippen LogP contribution in [0.1, 0.15) is 32.6 Å². The molecule has 1 aliphatic rings. The molecule has 9 heteroatoms. The number of methoxy groups -OCH3 is 1. The summed E-state index contributed by atoms with van der Waals surface area (Å²) >= 11 is 0. The SMILES string of the molecule is COc1cc(OCC(=O)NC2(C(=O)O)CCC(C)CC2)ccc1[N+](=O)[O-]. The number of nitrogens with zero attached hydrogens (tertiary/aromatic N) is 1. The lowest BCUT2D eigenvalue weighted by Crippen LogP contribution is -2.57. The summed E-state index contributed by atoms with van der Waals surface area (Å²) in [6, 6.07) is 3.87. The second-order valence-electron chi connectivity index (χ2n) is 6.50. The number of carbonyl (C=O) groups is 2. The number of rotatable bonds is 7. The van der Waals surface area contributed by atoms with Crippen molar-refractivity contribution in [2.45, 2.75) is 38.1 Å². The van der Waals surface area contributed by atoms with Gasteiger partial charge in [0.05, 0.1) is 12.0 Å². The Balaban J connectivity index is 2.00. The predicted molar refractivity (Wildman–Crippen MR) is 91.3 cm³/mol. The van der Waals surface area contributed by atoms with Gasteiger partial charge in [-0.05, 0) is 37.7 Å². The third kappa shape index (κ3) is 4.41. The van der Waals surface area contributed by atoms with Crippen molar-refractivity contribution in [3.8, 4) is 11.5 Å². The second kappa shape index (κ2) is 8.03. The van der Waals surface area contributed by atoms with Gasteiger partial charge >= 0.3 is 11.7 Å². The highest BCUT2D eigenvalue weighted by molar-refractivity contribution is 5.87. The van der Waals surface area contributed by atoms with Gasteiger partial charge in [0, 0.05) is 12.1 Å². The number of nitro benzene ring substituents is 1. The van der Waals surface area contributed by atoms with Crippen LogP contribution >= 0.6 is 0 Å². The van der Waals surface area contributed by atoms with Crippen molar-refractivity contribution >= 4 is 17.6 Å². The summed E-state index contributed by atoms with van der Waals surface area (Å²) in [6.45, 7) is 1.66. The van der Waals surface area contributed by atoms with Crippen LogP contribution in [0, 0.1) is 16.0 Å². The van der Waals surface area contributed by atoms with E-state index in [9.17, 15) is 24.8 Å². The Labute approximate surface area is 150 Å². The molecule has 142 valence electrons. The zero-order valence-corrected chi connectivity index (χ0v) is 14.7. The summed E-state index contributed by atoms with van der Waals surface area (Å²) in [5.74, 6) is -0.947. The molecule has 0 atom stereocenters. The molecule has 0 radical (unpaired) electrons. The Hall–Kier alpha value is -2.84. The van der Waals surface area contributed by atoms with Gasteiger partial charge in [-0.1, -0.05) is 6.92 Å². The van der Waals surface area contributed by atoms with Crippen LogP contribution in [-0.2, 0) is 9.59 Å². The fraction of sp³-hybridized carbons (Fsp3) is 0.529. The third-order valence-electron chi connectivity index (χ3n) is 4.63. The Bertz CT molecular complexity index is 696. The molecule has 1 aromatic rings. The minimum atomic E-state index is -1.26. The highest BCUT2D eigenvalue weighted by atomic mass is 16.6. The molecule has 0 spiro atoms. The number of nitro groups is 1. The minimum Gasteiger partial charge on any atom is -0.490 e. The largest absolute Gasteiger partial charge is 0.490 e. The topological polar surface area (TPSA) is 128 Å². The average molecular weight is 366 g/mol. The third-order valence-corrected chi connectivity index (χ3v) is 4.63. The van der Waals surface area contributed by atoms with Crippen molar-refractivity contribution in [1.82, 2.24) is 5.32 Å². The van der Waals surface area contributed by atoms with Gasteiger partial charge in [-0.15, -0.1) is 0 Å². The fourth-order valence-corrected chi connectivity index (χ4v) is 3.00. The van der Waals surface area contributed by atoms with Gasteiger partial charge < -0.3 is 19.9 Å². The van der Waals surface area contributed by atoms with Gasteiger partial charge in [0.15, 0.2) is 6.61 Å². The summed E-state index contributed by atoms with van der Waals surface area (Å²) < 4.78 is 10.3. The molecule has 26 heavy (non-hydrogen) atoms. The van der Waals surface area contributed by atoms with Crippen molar-refractivity contribution in [2.75, 3.05) is 13.7 Å². The molecule has 9 nitrogen and oxygen atoms in total. The Morgan fingerprint density at radius 3 is 2.58 bits per heavy atom. The number of benzene rings is 1. The highest BCUT2D eigenvalue weighted by Crippen LogP contribution is 2.33. The van der Waals surface area contributed by atoms with Crippen LogP contribution in [0.15, 0.2) is 18.2 Å². The van der Waals surface area contributed by atoms with Gasteiger partial charge in [0.25, 0.3) is 5.91 Å². The van der Waals surface area contributed by atoms with Gasteiger partial charge in [-0.3, -0.25) is 14.9 Å². The summed E-state index contributed by atoms with van der Waals surface area (Å²) in [5, 5.41) is 23.0. The van der Waals surface area contributed by atoms with Gasteiger partial charge in [0.1, 0.15) is 11.3 Å². The number of aliphatic carboxylic acids is 1. The number of amides is 1. The van der Waals surface area contributed by atoms with E-state index in [1.165, 1.54) is 25.3 Å². The summed E-state index contributed by atoms with van der Waals surface area (Å²) in [6.07, 6.45) is 2.21. The molecule has 0 heterocycles. The first-order valence-electron chi connectivity index (χ1n) is 8.27. The van der Waals surface area contributed by atoms with Crippen molar-refractivity contribution in [1.29, 1.82) is 0 Å². The Morgan fingerprint density at radius 2 is 2.04 bits per heavy atom. The number of carbonyl (C=O) groups excluding carboxylic acids is 1. The molecule has 0 saturated heterocycles. The Morgan fingerprint density at radius 1 is 1.38 bits per heavy atom. The lowest BCUT2D eigenvalue weighted by molar-refractivity contribution is -0.385. The molecule has 1 fully saturated rings. The van der Waals surface area contributed by atoms with E-state index in [2.05, 4.69) is 12.2 Å². The van der Waals surface area contributed by atoms with Crippen LogP contribution in [0.5, 0.6) is 11.5 Å². The number of hydrogen-bond donors (Lipinski definition) is 2. The quantitative estimate of drug-likeness (QED) is 0.559.